The van der Waals surface area contributed by atoms with Crippen molar-refractivity contribution >= 4 is 5.97 Å². The van der Waals surface area contributed by atoms with E-state index in [1.165, 1.54) is 0 Å². The van der Waals surface area contributed by atoms with E-state index >= 15 is 0 Å². The number of carbonyl (C=O) groups excluding carboxylic acids is 1. The second kappa shape index (κ2) is 12.6. The van der Waals surface area contributed by atoms with Crippen LogP contribution in [0.4, 0.5) is 0 Å². The van der Waals surface area contributed by atoms with Crippen molar-refractivity contribution in [2.75, 3.05) is 19.8 Å². The first-order valence-electron chi connectivity index (χ1n) is 8.89. The van der Waals surface area contributed by atoms with E-state index in [-0.39, 0.29) is 6.61 Å². The summed E-state index contributed by atoms with van der Waals surface area (Å²) in [5.41, 5.74) is -0.0867. The van der Waals surface area contributed by atoms with Gasteiger partial charge in [-0.25, -0.2) is 4.79 Å². The van der Waals surface area contributed by atoms with Crippen molar-refractivity contribution < 1.29 is 24.0 Å². The molecule has 0 heterocycles. The van der Waals surface area contributed by atoms with Crippen molar-refractivity contribution in [2.45, 2.75) is 52.2 Å². The predicted molar refractivity (Wildman–Crippen MR) is 96.8 cm³/mol. The van der Waals surface area contributed by atoms with Gasteiger partial charge in [0.1, 0.15) is 6.61 Å². The molecule has 0 saturated carbocycles. The SMILES string of the molecule is CC=CCC[C@@](CC)(OCCOCC)C(=O)OOCc1ccccc1. The van der Waals surface area contributed by atoms with E-state index in [1.54, 1.807) is 0 Å². The van der Waals surface area contributed by atoms with Crippen LogP contribution in [0.25, 0.3) is 0 Å². The number of carbonyl (C=O) groups is 1. The molecule has 1 atom stereocenters. The maximum Gasteiger partial charge on any atom is 0.373 e. The van der Waals surface area contributed by atoms with Crippen molar-refractivity contribution in [2.24, 2.45) is 0 Å². The normalized spacial score (nSPS) is 13.7. The zero-order valence-electron chi connectivity index (χ0n) is 15.5. The van der Waals surface area contributed by atoms with Crippen LogP contribution in [0, 0.1) is 0 Å². The lowest BCUT2D eigenvalue weighted by atomic mass is 9.94. The van der Waals surface area contributed by atoms with E-state index < -0.39 is 11.6 Å². The van der Waals surface area contributed by atoms with Gasteiger partial charge in [-0.15, -0.1) is 0 Å². The number of rotatable bonds is 13. The molecule has 140 valence electrons. The zero-order chi connectivity index (χ0) is 18.4. The highest BCUT2D eigenvalue weighted by atomic mass is 17.2. The number of hydrogen-bond acceptors (Lipinski definition) is 5. The minimum Gasteiger partial charge on any atom is -0.379 e. The molecular weight excluding hydrogens is 320 g/mol. The summed E-state index contributed by atoms with van der Waals surface area (Å²) in [5.74, 6) is -0.494. The Labute approximate surface area is 150 Å². The summed E-state index contributed by atoms with van der Waals surface area (Å²) in [6, 6.07) is 9.55. The fraction of sp³-hybridized carbons (Fsp3) is 0.550. The average molecular weight is 350 g/mol. The molecule has 0 aromatic heterocycles. The largest absolute Gasteiger partial charge is 0.379 e. The van der Waals surface area contributed by atoms with Crippen LogP contribution in [0.2, 0.25) is 0 Å². The molecule has 1 rings (SSSR count). The summed E-state index contributed by atoms with van der Waals surface area (Å²) in [4.78, 5) is 22.8. The summed E-state index contributed by atoms with van der Waals surface area (Å²) in [6.45, 7) is 7.39. The Morgan fingerprint density at radius 3 is 2.56 bits per heavy atom. The molecule has 0 N–H and O–H groups in total. The van der Waals surface area contributed by atoms with Crippen LogP contribution in [-0.2, 0) is 30.7 Å². The summed E-state index contributed by atoms with van der Waals surface area (Å²) in [6.07, 6.45) is 5.73. The third kappa shape index (κ3) is 7.82. The predicted octanol–water partition coefficient (Wildman–Crippen LogP) is 4.22. The van der Waals surface area contributed by atoms with Crippen LogP contribution < -0.4 is 0 Å². The quantitative estimate of drug-likeness (QED) is 0.231. The molecule has 25 heavy (non-hydrogen) atoms. The van der Waals surface area contributed by atoms with Crippen LogP contribution >= 0.6 is 0 Å². The second-order valence-corrected chi connectivity index (χ2v) is 5.62. The fourth-order valence-corrected chi connectivity index (χ4v) is 2.38. The van der Waals surface area contributed by atoms with Crippen molar-refractivity contribution in [3.05, 3.63) is 48.0 Å². The molecule has 0 amide bonds. The first-order valence-corrected chi connectivity index (χ1v) is 8.89. The average Bonchev–Trinajstić information content (AvgIpc) is 2.64. The van der Waals surface area contributed by atoms with E-state index in [4.69, 9.17) is 19.2 Å². The fourth-order valence-electron chi connectivity index (χ4n) is 2.38. The molecule has 0 fully saturated rings. The Morgan fingerprint density at radius 1 is 1.16 bits per heavy atom. The van der Waals surface area contributed by atoms with Crippen LogP contribution in [0.1, 0.15) is 45.6 Å². The lowest BCUT2D eigenvalue weighted by molar-refractivity contribution is -0.295. The summed E-state index contributed by atoms with van der Waals surface area (Å²) in [5, 5.41) is 0. The van der Waals surface area contributed by atoms with Gasteiger partial charge in [0, 0.05) is 6.61 Å². The van der Waals surface area contributed by atoms with Gasteiger partial charge >= 0.3 is 5.97 Å². The first-order chi connectivity index (χ1) is 12.2. The van der Waals surface area contributed by atoms with Crippen molar-refractivity contribution in [1.29, 1.82) is 0 Å². The van der Waals surface area contributed by atoms with Crippen LogP contribution in [0.3, 0.4) is 0 Å². The molecule has 0 saturated heterocycles. The highest BCUT2D eigenvalue weighted by Crippen LogP contribution is 2.25. The number of ether oxygens (including phenoxy) is 2. The van der Waals surface area contributed by atoms with Gasteiger partial charge in [-0.1, -0.05) is 49.4 Å². The van der Waals surface area contributed by atoms with Crippen molar-refractivity contribution in [3.8, 4) is 0 Å². The standard InChI is InChI=1S/C20H30O5/c1-4-7-11-14-20(5-2,23-16-15-22-6-3)19(21)25-24-17-18-12-9-8-10-13-18/h4,7-10,12-13H,5-6,11,14-17H2,1-3H3/t20-/m1/s1. The van der Waals surface area contributed by atoms with Gasteiger partial charge in [0.05, 0.1) is 13.2 Å². The number of benzene rings is 1. The first kappa shape index (κ1) is 21.4. The number of hydrogen-bond donors (Lipinski definition) is 0. The monoisotopic (exact) mass is 350 g/mol. The van der Waals surface area contributed by atoms with E-state index in [9.17, 15) is 4.79 Å². The molecule has 1 aromatic carbocycles. The van der Waals surface area contributed by atoms with Gasteiger partial charge in [0.25, 0.3) is 0 Å². The van der Waals surface area contributed by atoms with Crippen molar-refractivity contribution in [1.82, 2.24) is 0 Å². The minimum absolute atomic E-state index is 0.209. The lowest BCUT2D eigenvalue weighted by Crippen LogP contribution is -2.43. The minimum atomic E-state index is -1.02. The Kier molecular flexibility index (Phi) is 10.8. The molecule has 5 nitrogen and oxygen atoms in total. The third-order valence-corrected chi connectivity index (χ3v) is 3.91. The van der Waals surface area contributed by atoms with E-state index in [1.807, 2.05) is 63.3 Å². The van der Waals surface area contributed by atoms with E-state index in [2.05, 4.69) is 0 Å². The van der Waals surface area contributed by atoms with Gasteiger partial charge in [-0.05, 0) is 38.7 Å². The maximum atomic E-state index is 12.6. The van der Waals surface area contributed by atoms with Crippen molar-refractivity contribution in [3.63, 3.8) is 0 Å². The molecule has 0 spiro atoms. The number of allylic oxidation sites excluding steroid dienone is 2. The molecular formula is C20H30O5. The Morgan fingerprint density at radius 2 is 1.92 bits per heavy atom. The Balaban J connectivity index is 2.61. The van der Waals surface area contributed by atoms with Crippen LogP contribution in [0.5, 0.6) is 0 Å². The van der Waals surface area contributed by atoms with Crippen LogP contribution in [-0.4, -0.2) is 31.4 Å². The molecule has 0 radical (unpaired) electrons. The Hall–Kier alpha value is -1.69. The van der Waals surface area contributed by atoms with Gasteiger partial charge in [0.2, 0.25) is 0 Å². The van der Waals surface area contributed by atoms with E-state index in [0.717, 1.165) is 12.0 Å². The highest BCUT2D eigenvalue weighted by molar-refractivity contribution is 5.79. The molecule has 0 bridgehead atoms. The topological polar surface area (TPSA) is 54.0 Å². The molecule has 0 aliphatic carbocycles. The Bertz CT molecular complexity index is 500. The smallest absolute Gasteiger partial charge is 0.373 e. The summed E-state index contributed by atoms with van der Waals surface area (Å²) in [7, 11) is 0. The summed E-state index contributed by atoms with van der Waals surface area (Å²) >= 11 is 0. The van der Waals surface area contributed by atoms with E-state index in [0.29, 0.717) is 32.7 Å². The third-order valence-electron chi connectivity index (χ3n) is 3.91. The van der Waals surface area contributed by atoms with Gasteiger partial charge < -0.3 is 9.47 Å². The van der Waals surface area contributed by atoms with Gasteiger partial charge in [-0.2, -0.15) is 4.89 Å². The zero-order valence-corrected chi connectivity index (χ0v) is 15.5. The molecule has 0 unspecified atom stereocenters. The van der Waals surface area contributed by atoms with Gasteiger partial charge in [-0.3, -0.25) is 4.89 Å². The summed E-state index contributed by atoms with van der Waals surface area (Å²) < 4.78 is 11.2. The maximum absolute atomic E-state index is 12.6. The molecule has 0 aliphatic heterocycles. The molecule has 5 heteroatoms. The highest BCUT2D eigenvalue weighted by Gasteiger charge is 2.40. The molecule has 1 aromatic rings. The lowest BCUT2D eigenvalue weighted by Gasteiger charge is -2.29. The molecule has 0 aliphatic rings. The van der Waals surface area contributed by atoms with Gasteiger partial charge in [0.15, 0.2) is 5.60 Å². The second-order valence-electron chi connectivity index (χ2n) is 5.62. The van der Waals surface area contributed by atoms with Crippen LogP contribution in [0.15, 0.2) is 42.5 Å².